The van der Waals surface area contributed by atoms with E-state index in [2.05, 4.69) is 38.9 Å². The second-order valence-electron chi connectivity index (χ2n) is 12.4. The number of aryl methyl sites for hydroxylation is 1. The summed E-state index contributed by atoms with van der Waals surface area (Å²) in [5.74, 6) is -0.956. The fraction of sp³-hybridized carbons (Fsp3) is 0.722. The number of esters is 1. The van der Waals surface area contributed by atoms with Gasteiger partial charge in [0.1, 0.15) is 5.71 Å². The van der Waals surface area contributed by atoms with Crippen molar-refractivity contribution in [2.75, 3.05) is 19.6 Å². The topological polar surface area (TPSA) is 91.6 Å². The highest BCUT2D eigenvalue weighted by Crippen LogP contribution is 2.41. The van der Waals surface area contributed by atoms with Crippen molar-refractivity contribution in [1.82, 2.24) is 4.90 Å². The summed E-state index contributed by atoms with van der Waals surface area (Å²) in [7, 11) is 0. The number of fused-ring (bicyclic) bond motifs is 1. The SMILES string of the molecule is CCCCCCCCCCC(OC(=O)/C(=N/O)C1=NCC(CCC)(CCC)c2c(C)cccc21)C(=O)N(CCC)CCC. The number of aliphatic imine (C=N–C) groups is 1. The summed E-state index contributed by atoms with van der Waals surface area (Å²) in [6.45, 7) is 14.6. The molecule has 0 spiro atoms. The van der Waals surface area contributed by atoms with Gasteiger partial charge in [0.2, 0.25) is 5.71 Å². The molecule has 43 heavy (non-hydrogen) atoms. The predicted octanol–water partition coefficient (Wildman–Crippen LogP) is 8.56. The summed E-state index contributed by atoms with van der Waals surface area (Å²) in [5.41, 5.74) is 3.17. The third-order valence-electron chi connectivity index (χ3n) is 8.72. The van der Waals surface area contributed by atoms with Gasteiger partial charge in [-0.3, -0.25) is 9.79 Å². The number of carbonyl (C=O) groups excluding carboxylic acids is 2. The highest BCUT2D eigenvalue weighted by molar-refractivity contribution is 6.69. The van der Waals surface area contributed by atoms with Crippen molar-refractivity contribution in [3.05, 3.63) is 34.9 Å². The van der Waals surface area contributed by atoms with Crippen molar-refractivity contribution in [3.63, 3.8) is 0 Å². The molecule has 1 heterocycles. The Morgan fingerprint density at radius 3 is 2.07 bits per heavy atom. The van der Waals surface area contributed by atoms with Crippen molar-refractivity contribution >= 4 is 23.3 Å². The Morgan fingerprint density at radius 1 is 0.907 bits per heavy atom. The smallest absolute Gasteiger partial charge is 0.363 e. The van der Waals surface area contributed by atoms with Crippen LogP contribution in [0.5, 0.6) is 0 Å². The lowest BCUT2D eigenvalue weighted by molar-refractivity contribution is -0.155. The van der Waals surface area contributed by atoms with Crippen LogP contribution in [0.2, 0.25) is 0 Å². The van der Waals surface area contributed by atoms with E-state index in [0.29, 0.717) is 31.8 Å². The molecule has 1 aromatic carbocycles. The Bertz CT molecular complexity index is 1050. The number of hydrogen-bond donors (Lipinski definition) is 1. The van der Waals surface area contributed by atoms with Crippen molar-refractivity contribution in [2.45, 2.75) is 149 Å². The number of carbonyl (C=O) groups is 2. The predicted molar refractivity (Wildman–Crippen MR) is 178 cm³/mol. The standard InChI is InChI=1S/C36H59N3O4/c1-7-12-13-14-15-16-17-18-22-30(34(40)39(25-10-4)26-11-5)43-35(41)33(38-42)32-29-21-19-20-28(6)31(29)36(23-8-2,24-9-3)27-37-32/h19-21,30,42H,7-18,22-27H2,1-6H3/b38-33+. The molecular weight excluding hydrogens is 538 g/mol. The Morgan fingerprint density at radius 2 is 1.51 bits per heavy atom. The maximum absolute atomic E-state index is 13.7. The van der Waals surface area contributed by atoms with Gasteiger partial charge >= 0.3 is 5.97 Å². The van der Waals surface area contributed by atoms with Gasteiger partial charge in [-0.2, -0.15) is 0 Å². The zero-order chi connectivity index (χ0) is 31.7. The van der Waals surface area contributed by atoms with Crippen LogP contribution in [0.3, 0.4) is 0 Å². The normalized spacial score (nSPS) is 15.0. The summed E-state index contributed by atoms with van der Waals surface area (Å²) in [5, 5.41) is 13.6. The van der Waals surface area contributed by atoms with Gasteiger partial charge < -0.3 is 14.8 Å². The molecule has 0 radical (unpaired) electrons. The van der Waals surface area contributed by atoms with Crippen LogP contribution in [0.1, 0.15) is 148 Å². The van der Waals surface area contributed by atoms with Gasteiger partial charge in [0.15, 0.2) is 6.10 Å². The fourth-order valence-corrected chi connectivity index (χ4v) is 6.80. The number of hydrogen-bond acceptors (Lipinski definition) is 6. The molecule has 2 rings (SSSR count). The summed E-state index contributed by atoms with van der Waals surface area (Å²) < 4.78 is 5.94. The minimum Gasteiger partial charge on any atom is -0.447 e. The largest absolute Gasteiger partial charge is 0.447 e. The summed E-state index contributed by atoms with van der Waals surface area (Å²) >= 11 is 0. The van der Waals surface area contributed by atoms with Crippen LogP contribution in [0.4, 0.5) is 0 Å². The van der Waals surface area contributed by atoms with Crippen molar-refractivity contribution in [2.24, 2.45) is 10.1 Å². The van der Waals surface area contributed by atoms with E-state index in [-0.39, 0.29) is 17.0 Å². The molecule has 1 aliphatic heterocycles. The Balaban J connectivity index is 2.30. The first kappa shape index (κ1) is 36.5. The number of amides is 1. The number of oxime groups is 1. The molecule has 1 aliphatic rings. The van der Waals surface area contributed by atoms with Crippen molar-refractivity contribution in [3.8, 4) is 0 Å². The number of nitrogens with zero attached hydrogens (tertiary/aromatic N) is 3. The number of ether oxygens (including phenoxy) is 1. The van der Waals surface area contributed by atoms with Crippen LogP contribution < -0.4 is 0 Å². The molecule has 242 valence electrons. The molecule has 0 bridgehead atoms. The van der Waals surface area contributed by atoms with E-state index in [0.717, 1.165) is 68.9 Å². The van der Waals surface area contributed by atoms with Crippen LogP contribution in [-0.4, -0.2) is 59.1 Å². The second-order valence-corrected chi connectivity index (χ2v) is 12.4. The fourth-order valence-electron chi connectivity index (χ4n) is 6.80. The van der Waals surface area contributed by atoms with Crippen molar-refractivity contribution < 1.29 is 19.5 Å². The molecule has 1 aromatic rings. The number of rotatable bonds is 21. The minimum absolute atomic E-state index is 0.117. The van der Waals surface area contributed by atoms with Gasteiger partial charge in [-0.05, 0) is 56.6 Å². The van der Waals surface area contributed by atoms with Crippen LogP contribution in [0.25, 0.3) is 0 Å². The minimum atomic E-state index is -0.914. The van der Waals surface area contributed by atoms with Gasteiger partial charge in [0.25, 0.3) is 5.91 Å². The van der Waals surface area contributed by atoms with E-state index in [1.807, 2.05) is 26.0 Å². The lowest BCUT2D eigenvalue weighted by atomic mass is 9.68. The van der Waals surface area contributed by atoms with E-state index < -0.39 is 12.1 Å². The Hall–Kier alpha value is -2.70. The molecule has 0 aliphatic carbocycles. The molecule has 1 unspecified atom stereocenters. The first-order chi connectivity index (χ1) is 20.8. The molecule has 1 N–H and O–H groups in total. The number of benzene rings is 1. The van der Waals surface area contributed by atoms with Gasteiger partial charge in [-0.25, -0.2) is 4.79 Å². The van der Waals surface area contributed by atoms with Crippen LogP contribution in [0.15, 0.2) is 28.3 Å². The maximum atomic E-state index is 13.7. The summed E-state index contributed by atoms with van der Waals surface area (Å²) in [6, 6.07) is 6.02. The van der Waals surface area contributed by atoms with Gasteiger partial charge in [-0.15, -0.1) is 0 Å². The lowest BCUT2D eigenvalue weighted by Gasteiger charge is -2.39. The van der Waals surface area contributed by atoms with E-state index in [1.54, 1.807) is 4.90 Å². The van der Waals surface area contributed by atoms with E-state index in [9.17, 15) is 14.8 Å². The molecule has 1 amide bonds. The molecule has 7 nitrogen and oxygen atoms in total. The molecule has 1 atom stereocenters. The first-order valence-corrected chi connectivity index (χ1v) is 17.2. The van der Waals surface area contributed by atoms with E-state index in [4.69, 9.17) is 9.73 Å². The highest BCUT2D eigenvalue weighted by Gasteiger charge is 2.40. The van der Waals surface area contributed by atoms with Crippen LogP contribution in [0, 0.1) is 6.92 Å². The van der Waals surface area contributed by atoms with Gasteiger partial charge in [0, 0.05) is 30.6 Å². The van der Waals surface area contributed by atoms with E-state index in [1.165, 1.54) is 37.7 Å². The molecule has 0 aromatic heterocycles. The molecule has 0 fully saturated rings. The monoisotopic (exact) mass is 597 g/mol. The molecule has 7 heteroatoms. The highest BCUT2D eigenvalue weighted by atomic mass is 16.6. The third-order valence-corrected chi connectivity index (χ3v) is 8.72. The lowest BCUT2D eigenvalue weighted by Crippen LogP contribution is -2.44. The second kappa shape index (κ2) is 19.6. The zero-order valence-electron chi connectivity index (χ0n) is 28.1. The quantitative estimate of drug-likeness (QED) is 0.0505. The Labute approximate surface area is 261 Å². The Kier molecular flexibility index (Phi) is 16.6. The van der Waals surface area contributed by atoms with E-state index >= 15 is 0 Å². The van der Waals surface area contributed by atoms with Crippen LogP contribution >= 0.6 is 0 Å². The van der Waals surface area contributed by atoms with Crippen LogP contribution in [-0.2, 0) is 19.7 Å². The summed E-state index contributed by atoms with van der Waals surface area (Å²) in [4.78, 5) is 34.1. The maximum Gasteiger partial charge on any atom is 0.363 e. The van der Waals surface area contributed by atoms with Gasteiger partial charge in [0.05, 0.1) is 0 Å². The summed E-state index contributed by atoms with van der Waals surface area (Å²) in [6.07, 6.45) is 14.3. The molecular formula is C36H59N3O4. The van der Waals surface area contributed by atoms with Gasteiger partial charge in [-0.1, -0.05) is 116 Å². The molecule has 0 saturated heterocycles. The zero-order valence-corrected chi connectivity index (χ0v) is 28.1. The van der Waals surface area contributed by atoms with Crippen molar-refractivity contribution in [1.29, 1.82) is 0 Å². The average Bonchev–Trinajstić information content (AvgIpc) is 2.99. The number of unbranched alkanes of at least 4 members (excludes halogenated alkanes) is 7. The average molecular weight is 598 g/mol. The first-order valence-electron chi connectivity index (χ1n) is 17.2. The third kappa shape index (κ3) is 10.2. The molecule has 0 saturated carbocycles.